The molecule has 7 nitrogen and oxygen atoms in total. The molecule has 182 valence electrons. The Morgan fingerprint density at radius 3 is 2.29 bits per heavy atom. The number of anilines is 1. The Labute approximate surface area is 201 Å². The quantitative estimate of drug-likeness (QED) is 0.402. The zero-order valence-corrected chi connectivity index (χ0v) is 20.2. The first kappa shape index (κ1) is 25.3. The van der Waals surface area contributed by atoms with Crippen LogP contribution < -0.4 is 5.32 Å². The van der Waals surface area contributed by atoms with Gasteiger partial charge < -0.3 is 19.7 Å². The van der Waals surface area contributed by atoms with Crippen molar-refractivity contribution in [1.29, 1.82) is 0 Å². The Bertz CT molecular complexity index is 967. The average Bonchev–Trinajstić information content (AvgIpc) is 3.26. The van der Waals surface area contributed by atoms with Gasteiger partial charge in [-0.25, -0.2) is 4.79 Å². The third-order valence-electron chi connectivity index (χ3n) is 6.16. The van der Waals surface area contributed by atoms with E-state index in [1.807, 2.05) is 61.5 Å². The second-order valence-corrected chi connectivity index (χ2v) is 8.40. The molecule has 1 unspecified atom stereocenters. The molecule has 0 fully saturated rings. The number of amides is 1. The molecule has 1 aliphatic rings. The lowest BCUT2D eigenvalue weighted by Gasteiger charge is -2.34. The van der Waals surface area contributed by atoms with Crippen molar-refractivity contribution >= 4 is 23.5 Å². The first-order valence-corrected chi connectivity index (χ1v) is 12.0. The van der Waals surface area contributed by atoms with Crippen LogP contribution in [-0.4, -0.2) is 54.6 Å². The Hall–Kier alpha value is -3.35. The molecule has 0 saturated carbocycles. The maximum absolute atomic E-state index is 13.9. The highest BCUT2D eigenvalue weighted by molar-refractivity contribution is 6.12. The van der Waals surface area contributed by atoms with Crippen LogP contribution in [0.4, 0.5) is 5.69 Å². The Morgan fingerprint density at radius 2 is 1.65 bits per heavy atom. The van der Waals surface area contributed by atoms with Gasteiger partial charge in [0, 0.05) is 25.2 Å². The fraction of sp³-hybridized carbons (Fsp3) is 0.444. The fourth-order valence-corrected chi connectivity index (χ4v) is 4.37. The lowest BCUT2D eigenvalue weighted by molar-refractivity contribution is -0.157. The van der Waals surface area contributed by atoms with Crippen LogP contribution in [0.2, 0.25) is 0 Å². The normalized spacial score (nSPS) is 17.3. The molecule has 1 amide bonds. The lowest BCUT2D eigenvalue weighted by atomic mass is 9.92. The fourth-order valence-electron chi connectivity index (χ4n) is 4.37. The summed E-state index contributed by atoms with van der Waals surface area (Å²) in [7, 11) is 0. The monoisotopic (exact) mass is 466 g/mol. The first-order chi connectivity index (χ1) is 16.4. The molecule has 0 spiro atoms. The number of nitrogens with one attached hydrogen (secondary N) is 1. The van der Waals surface area contributed by atoms with E-state index in [2.05, 4.69) is 5.32 Å². The molecule has 2 aromatic carbocycles. The van der Waals surface area contributed by atoms with E-state index in [1.165, 1.54) is 0 Å². The van der Waals surface area contributed by atoms with Gasteiger partial charge in [0.1, 0.15) is 0 Å². The smallest absolute Gasteiger partial charge is 0.342 e. The number of esters is 2. The van der Waals surface area contributed by atoms with E-state index in [4.69, 9.17) is 9.47 Å². The van der Waals surface area contributed by atoms with Crippen LogP contribution in [0, 0.1) is 5.92 Å². The van der Waals surface area contributed by atoms with E-state index in [0.717, 1.165) is 16.8 Å². The predicted molar refractivity (Wildman–Crippen MR) is 130 cm³/mol. The molecule has 1 N–H and O–H groups in total. The van der Waals surface area contributed by atoms with Gasteiger partial charge in [-0.05, 0) is 50.8 Å². The minimum Gasteiger partial charge on any atom is -0.466 e. The molecule has 0 saturated heterocycles. The molecular weight excluding hydrogens is 432 g/mol. The molecule has 3 rings (SSSR count). The van der Waals surface area contributed by atoms with Gasteiger partial charge in [0.05, 0.1) is 19.1 Å². The van der Waals surface area contributed by atoms with Crippen LogP contribution in [0.3, 0.4) is 0 Å². The summed E-state index contributed by atoms with van der Waals surface area (Å²) in [6.45, 7) is 6.28. The molecular formula is C27H34N2O5. The summed E-state index contributed by atoms with van der Waals surface area (Å²) < 4.78 is 10.7. The van der Waals surface area contributed by atoms with Crippen molar-refractivity contribution in [2.75, 3.05) is 31.6 Å². The van der Waals surface area contributed by atoms with Gasteiger partial charge in [-0.15, -0.1) is 0 Å². The summed E-state index contributed by atoms with van der Waals surface area (Å²) in [5.74, 6) is -1.84. The van der Waals surface area contributed by atoms with E-state index in [9.17, 15) is 14.4 Å². The van der Waals surface area contributed by atoms with E-state index in [0.29, 0.717) is 19.4 Å². The second-order valence-electron chi connectivity index (χ2n) is 8.40. The maximum Gasteiger partial charge on any atom is 0.342 e. The summed E-state index contributed by atoms with van der Waals surface area (Å²) >= 11 is 0. The van der Waals surface area contributed by atoms with Gasteiger partial charge >= 0.3 is 11.9 Å². The van der Waals surface area contributed by atoms with Crippen molar-refractivity contribution in [2.45, 2.75) is 45.6 Å². The number of ether oxygens (including phenoxy) is 2. The maximum atomic E-state index is 13.9. The molecule has 34 heavy (non-hydrogen) atoms. The van der Waals surface area contributed by atoms with E-state index in [1.54, 1.807) is 18.7 Å². The number of para-hydroxylation sites is 1. The van der Waals surface area contributed by atoms with Crippen LogP contribution in [0.15, 0.2) is 54.6 Å². The Balaban J connectivity index is 1.83. The van der Waals surface area contributed by atoms with Crippen LogP contribution in [0.1, 0.15) is 38.3 Å². The lowest BCUT2D eigenvalue weighted by Crippen LogP contribution is -2.60. The summed E-state index contributed by atoms with van der Waals surface area (Å²) in [6.07, 6.45) is 1.42. The SMILES string of the molecule is CCOC(=O)[C@H](CCc1ccccc1)CN(CC)C(=O)C1(C(=O)OCC)Cc2ccccc2N1. The molecule has 0 aromatic heterocycles. The van der Waals surface area contributed by atoms with Gasteiger partial charge in [0.2, 0.25) is 5.54 Å². The van der Waals surface area contributed by atoms with E-state index >= 15 is 0 Å². The minimum atomic E-state index is -1.55. The number of hydrogen-bond donors (Lipinski definition) is 1. The molecule has 0 bridgehead atoms. The van der Waals surface area contributed by atoms with Crippen LogP contribution in [0.5, 0.6) is 0 Å². The highest BCUT2D eigenvalue weighted by Crippen LogP contribution is 2.35. The van der Waals surface area contributed by atoms with Gasteiger partial charge in [0.15, 0.2) is 0 Å². The second kappa shape index (κ2) is 11.7. The summed E-state index contributed by atoms with van der Waals surface area (Å²) in [6, 6.07) is 17.4. The summed E-state index contributed by atoms with van der Waals surface area (Å²) in [5.41, 5.74) is 1.19. The van der Waals surface area contributed by atoms with Gasteiger partial charge in [-0.2, -0.15) is 0 Å². The van der Waals surface area contributed by atoms with Gasteiger partial charge in [-0.1, -0.05) is 48.5 Å². The molecule has 2 aromatic rings. The highest BCUT2D eigenvalue weighted by atomic mass is 16.5. The van der Waals surface area contributed by atoms with Crippen molar-refractivity contribution in [3.63, 3.8) is 0 Å². The van der Waals surface area contributed by atoms with Crippen molar-refractivity contribution in [3.8, 4) is 0 Å². The number of hydrogen-bond acceptors (Lipinski definition) is 6. The predicted octanol–water partition coefficient (Wildman–Crippen LogP) is 3.62. The summed E-state index contributed by atoms with van der Waals surface area (Å²) in [5, 5.41) is 3.15. The zero-order valence-electron chi connectivity index (χ0n) is 20.2. The highest BCUT2D eigenvalue weighted by Gasteiger charge is 2.53. The molecule has 7 heteroatoms. The zero-order chi connectivity index (χ0) is 24.6. The van der Waals surface area contributed by atoms with Crippen molar-refractivity contribution in [3.05, 3.63) is 65.7 Å². The summed E-state index contributed by atoms with van der Waals surface area (Å²) in [4.78, 5) is 41.3. The largest absolute Gasteiger partial charge is 0.466 e. The van der Waals surface area contributed by atoms with Crippen LogP contribution in [0.25, 0.3) is 0 Å². The van der Waals surface area contributed by atoms with E-state index < -0.39 is 23.3 Å². The first-order valence-electron chi connectivity index (χ1n) is 12.0. The Morgan fingerprint density at radius 1 is 0.971 bits per heavy atom. The number of carbonyl (C=O) groups is 3. The number of aryl methyl sites for hydroxylation is 1. The third-order valence-corrected chi connectivity index (χ3v) is 6.16. The van der Waals surface area contributed by atoms with Gasteiger partial charge in [0.25, 0.3) is 5.91 Å². The number of likely N-dealkylation sites (N-methyl/N-ethyl adjacent to an activating group) is 1. The molecule has 0 radical (unpaired) electrons. The molecule has 1 aliphatic heterocycles. The minimum absolute atomic E-state index is 0.167. The molecule has 1 heterocycles. The van der Waals surface area contributed by atoms with Crippen LogP contribution in [-0.2, 0) is 36.7 Å². The Kier molecular flexibility index (Phi) is 8.68. The number of benzene rings is 2. The average molecular weight is 467 g/mol. The van der Waals surface area contributed by atoms with E-state index in [-0.39, 0.29) is 32.1 Å². The van der Waals surface area contributed by atoms with Crippen molar-refractivity contribution in [1.82, 2.24) is 4.90 Å². The third kappa shape index (κ3) is 5.58. The molecule has 0 aliphatic carbocycles. The van der Waals surface area contributed by atoms with Gasteiger partial charge in [-0.3, -0.25) is 9.59 Å². The number of fused-ring (bicyclic) bond motifs is 1. The number of rotatable bonds is 11. The topological polar surface area (TPSA) is 84.9 Å². The number of nitrogens with zero attached hydrogens (tertiary/aromatic N) is 1. The van der Waals surface area contributed by atoms with Crippen molar-refractivity contribution in [2.24, 2.45) is 5.92 Å². The van der Waals surface area contributed by atoms with Crippen LogP contribution >= 0.6 is 0 Å². The standard InChI is InChI=1S/C27H34N2O5/c1-4-29(19-22(24(30)33-5-2)17-16-20-12-8-7-9-13-20)25(31)27(26(32)34-6-3)18-21-14-10-11-15-23(21)28-27/h7-15,22,28H,4-6,16-19H2,1-3H3/t22-,27?/m1/s1. The molecule has 2 atom stereocenters. The van der Waals surface area contributed by atoms with Crippen molar-refractivity contribution < 1.29 is 23.9 Å². The number of carbonyl (C=O) groups excluding carboxylic acids is 3.